The second-order valence-corrected chi connectivity index (χ2v) is 9.78. The molecule has 3 aromatic carbocycles. The minimum Gasteiger partial charge on any atom is -0.497 e. The summed E-state index contributed by atoms with van der Waals surface area (Å²) in [6.07, 6.45) is 2.38. The van der Waals surface area contributed by atoms with Crippen molar-refractivity contribution in [2.75, 3.05) is 43.2 Å². The smallest absolute Gasteiger partial charge is 0.262 e. The van der Waals surface area contributed by atoms with E-state index >= 15 is 0 Å². The molecule has 11 nitrogen and oxygen atoms in total. The molecule has 2 amide bonds. The fraction of sp³-hybridized carbons (Fsp3) is 0.192. The molecule has 0 aromatic heterocycles. The maximum Gasteiger partial charge on any atom is 0.262 e. The van der Waals surface area contributed by atoms with Crippen molar-refractivity contribution in [3.05, 3.63) is 78.4 Å². The molecular weight excluding hydrogens is 512 g/mol. The number of methoxy groups -OCH3 is 2. The Kier molecular flexibility index (Phi) is 9.66. The van der Waals surface area contributed by atoms with Crippen LogP contribution >= 0.6 is 0 Å². The summed E-state index contributed by atoms with van der Waals surface area (Å²) in [5, 5.41) is 6.62. The zero-order valence-corrected chi connectivity index (χ0v) is 21.9. The molecule has 3 aromatic rings. The van der Waals surface area contributed by atoms with Gasteiger partial charge in [0.05, 0.1) is 32.4 Å². The molecule has 0 saturated carbocycles. The second kappa shape index (κ2) is 13.1. The first-order valence-corrected chi connectivity index (χ1v) is 13.1. The van der Waals surface area contributed by atoms with Gasteiger partial charge in [0.2, 0.25) is 10.0 Å². The van der Waals surface area contributed by atoms with E-state index in [4.69, 9.17) is 14.2 Å². The lowest BCUT2D eigenvalue weighted by Crippen LogP contribution is -2.39. The molecule has 38 heavy (non-hydrogen) atoms. The number of hydrazone groups is 1. The van der Waals surface area contributed by atoms with Gasteiger partial charge in [-0.05, 0) is 54.1 Å². The highest BCUT2D eigenvalue weighted by atomic mass is 32.2. The number of para-hydroxylation sites is 1. The third-order valence-corrected chi connectivity index (χ3v) is 6.18. The number of anilines is 2. The van der Waals surface area contributed by atoms with Crippen molar-refractivity contribution in [2.24, 2.45) is 5.10 Å². The minimum atomic E-state index is -3.82. The van der Waals surface area contributed by atoms with Gasteiger partial charge in [0, 0.05) is 11.8 Å². The number of benzene rings is 3. The lowest BCUT2D eigenvalue weighted by Gasteiger charge is -2.23. The van der Waals surface area contributed by atoms with Gasteiger partial charge in [0.1, 0.15) is 23.8 Å². The van der Waals surface area contributed by atoms with Crippen LogP contribution in [0.3, 0.4) is 0 Å². The second-order valence-electron chi connectivity index (χ2n) is 7.87. The Morgan fingerprint density at radius 2 is 1.61 bits per heavy atom. The average Bonchev–Trinajstić information content (AvgIpc) is 2.91. The summed E-state index contributed by atoms with van der Waals surface area (Å²) in [5.74, 6) is 0.228. The van der Waals surface area contributed by atoms with Crippen LogP contribution in [0.15, 0.2) is 77.9 Å². The van der Waals surface area contributed by atoms with Gasteiger partial charge in [0.15, 0.2) is 6.61 Å². The highest BCUT2D eigenvalue weighted by molar-refractivity contribution is 7.92. The van der Waals surface area contributed by atoms with E-state index in [1.54, 1.807) is 42.5 Å². The van der Waals surface area contributed by atoms with Crippen LogP contribution in [0.4, 0.5) is 11.4 Å². The fourth-order valence-electron chi connectivity index (χ4n) is 3.23. The predicted molar refractivity (Wildman–Crippen MR) is 144 cm³/mol. The van der Waals surface area contributed by atoms with Crippen LogP contribution in [0.2, 0.25) is 0 Å². The van der Waals surface area contributed by atoms with Gasteiger partial charge in [-0.15, -0.1) is 0 Å². The van der Waals surface area contributed by atoms with Crippen molar-refractivity contribution in [3.63, 3.8) is 0 Å². The van der Waals surface area contributed by atoms with E-state index in [9.17, 15) is 18.0 Å². The van der Waals surface area contributed by atoms with Crippen molar-refractivity contribution in [1.29, 1.82) is 0 Å². The lowest BCUT2D eigenvalue weighted by atomic mass is 10.2. The number of carbonyl (C=O) groups is 2. The molecule has 3 rings (SSSR count). The number of amides is 2. The summed E-state index contributed by atoms with van der Waals surface area (Å²) in [5.41, 5.74) is 3.82. The van der Waals surface area contributed by atoms with E-state index in [1.165, 1.54) is 32.6 Å². The summed E-state index contributed by atoms with van der Waals surface area (Å²) in [6, 6.07) is 20.3. The van der Waals surface area contributed by atoms with Crippen molar-refractivity contribution in [1.82, 2.24) is 5.43 Å². The van der Waals surface area contributed by atoms with Crippen molar-refractivity contribution < 1.29 is 32.2 Å². The van der Waals surface area contributed by atoms with Gasteiger partial charge in [0.25, 0.3) is 11.8 Å². The van der Waals surface area contributed by atoms with Gasteiger partial charge in [-0.1, -0.05) is 18.2 Å². The first-order valence-electron chi connectivity index (χ1n) is 11.3. The topological polar surface area (TPSA) is 136 Å². The van der Waals surface area contributed by atoms with Crippen LogP contribution in [0.25, 0.3) is 0 Å². The molecule has 0 heterocycles. The zero-order chi connectivity index (χ0) is 27.5. The molecule has 0 radical (unpaired) electrons. The van der Waals surface area contributed by atoms with Crippen LogP contribution < -0.4 is 29.3 Å². The van der Waals surface area contributed by atoms with Crippen molar-refractivity contribution >= 4 is 39.4 Å². The summed E-state index contributed by atoms with van der Waals surface area (Å²) >= 11 is 0. The Labute approximate surface area is 221 Å². The van der Waals surface area contributed by atoms with Gasteiger partial charge >= 0.3 is 0 Å². The Morgan fingerprint density at radius 3 is 2.24 bits per heavy atom. The van der Waals surface area contributed by atoms with Crippen molar-refractivity contribution in [2.45, 2.75) is 0 Å². The monoisotopic (exact) mass is 540 g/mol. The Bertz CT molecular complexity index is 1380. The molecule has 0 unspecified atom stereocenters. The van der Waals surface area contributed by atoms with Crippen LogP contribution in [0.1, 0.15) is 5.56 Å². The molecule has 0 saturated heterocycles. The Hall–Kier alpha value is -4.58. The highest BCUT2D eigenvalue weighted by Gasteiger charge is 2.24. The van der Waals surface area contributed by atoms with E-state index in [0.717, 1.165) is 10.6 Å². The average molecular weight is 541 g/mol. The molecule has 0 aliphatic heterocycles. The molecule has 0 fully saturated rings. The standard InChI is InChI=1S/C26H28N4O7S/c1-35-22-13-14-23(24(15-22)36-2)30(38(3,33)34)17-25(31)29-27-16-19-9-11-21(12-10-19)37-18-26(32)28-20-7-5-4-6-8-20/h4-16H,17-18H2,1-3H3,(H,28,32)(H,29,31)/b27-16-. The maximum atomic E-state index is 12.5. The van der Waals surface area contributed by atoms with Crippen LogP contribution in [0, 0.1) is 0 Å². The number of rotatable bonds is 12. The van der Waals surface area contributed by atoms with Crippen LogP contribution in [-0.4, -0.2) is 60.1 Å². The fourth-order valence-corrected chi connectivity index (χ4v) is 4.09. The first-order chi connectivity index (χ1) is 18.2. The molecule has 0 spiro atoms. The van der Waals surface area contributed by atoms with E-state index in [-0.39, 0.29) is 24.0 Å². The van der Waals surface area contributed by atoms with Gasteiger partial charge in [-0.3, -0.25) is 13.9 Å². The van der Waals surface area contributed by atoms with E-state index < -0.39 is 22.5 Å². The first kappa shape index (κ1) is 28.0. The summed E-state index contributed by atoms with van der Waals surface area (Å²) < 4.78 is 41.6. The molecule has 0 aliphatic carbocycles. The van der Waals surface area contributed by atoms with Gasteiger partial charge < -0.3 is 19.5 Å². The highest BCUT2D eigenvalue weighted by Crippen LogP contribution is 2.33. The molecule has 2 N–H and O–H groups in total. The number of carbonyl (C=O) groups excluding carboxylic acids is 2. The minimum absolute atomic E-state index is 0.159. The number of hydrogen-bond donors (Lipinski definition) is 2. The van der Waals surface area contributed by atoms with Gasteiger partial charge in [-0.25, -0.2) is 13.8 Å². The third kappa shape index (κ3) is 8.23. The Morgan fingerprint density at radius 1 is 0.921 bits per heavy atom. The number of hydrogen-bond acceptors (Lipinski definition) is 8. The lowest BCUT2D eigenvalue weighted by molar-refractivity contribution is -0.119. The quantitative estimate of drug-likeness (QED) is 0.266. The zero-order valence-electron chi connectivity index (χ0n) is 21.1. The summed E-state index contributed by atoms with van der Waals surface area (Å²) in [7, 11) is -0.959. The molecule has 0 aliphatic rings. The SMILES string of the molecule is COc1ccc(N(CC(=O)N/N=C\c2ccc(OCC(=O)Nc3ccccc3)cc2)S(C)(=O)=O)c(OC)c1. The molecule has 12 heteroatoms. The third-order valence-electron chi connectivity index (χ3n) is 5.05. The number of sulfonamides is 1. The number of nitrogens with zero attached hydrogens (tertiary/aromatic N) is 2. The van der Waals surface area contributed by atoms with Crippen molar-refractivity contribution in [3.8, 4) is 17.2 Å². The van der Waals surface area contributed by atoms with Crippen LogP contribution in [-0.2, 0) is 19.6 Å². The molecule has 200 valence electrons. The predicted octanol–water partition coefficient (Wildman–Crippen LogP) is 2.64. The number of nitrogens with one attached hydrogen (secondary N) is 2. The summed E-state index contributed by atoms with van der Waals surface area (Å²) in [4.78, 5) is 24.5. The van der Waals surface area contributed by atoms with E-state index in [0.29, 0.717) is 22.7 Å². The number of ether oxygens (including phenoxy) is 3. The Balaban J connectivity index is 1.54. The summed E-state index contributed by atoms with van der Waals surface area (Å²) in [6.45, 7) is -0.676. The van der Waals surface area contributed by atoms with Crippen LogP contribution in [0.5, 0.6) is 17.2 Å². The molecular formula is C26H28N4O7S. The molecule has 0 atom stereocenters. The van der Waals surface area contributed by atoms with E-state index in [2.05, 4.69) is 15.8 Å². The normalized spacial score (nSPS) is 11.0. The largest absolute Gasteiger partial charge is 0.497 e. The van der Waals surface area contributed by atoms with E-state index in [1.807, 2.05) is 18.2 Å². The van der Waals surface area contributed by atoms with Gasteiger partial charge in [-0.2, -0.15) is 5.10 Å². The molecule has 0 bridgehead atoms. The maximum absolute atomic E-state index is 12.5.